The number of benzene rings is 2. The number of hydrogen-bond donors (Lipinski definition) is 0. The number of para-hydroxylation sites is 1. The highest BCUT2D eigenvalue weighted by atomic mass is 35.5. The molecule has 1 amide bonds. The maximum atomic E-state index is 12.7. The summed E-state index contributed by atoms with van der Waals surface area (Å²) in [6, 6.07) is 17.0. The van der Waals surface area contributed by atoms with Crippen molar-refractivity contribution in [2.24, 2.45) is 5.10 Å². The van der Waals surface area contributed by atoms with Gasteiger partial charge in [0, 0.05) is 30.0 Å². The highest BCUT2D eigenvalue weighted by Crippen LogP contribution is 2.37. The number of carbonyl (C=O) groups is 1. The van der Waals surface area contributed by atoms with E-state index in [2.05, 4.69) is 10.1 Å². The number of halogens is 1. The molecule has 7 heteroatoms. The Balaban J connectivity index is 1.76. The van der Waals surface area contributed by atoms with Crippen LogP contribution >= 0.6 is 11.6 Å². The summed E-state index contributed by atoms with van der Waals surface area (Å²) in [4.78, 5) is 17.2. The third-order valence-corrected chi connectivity index (χ3v) is 5.20. The van der Waals surface area contributed by atoms with E-state index in [1.807, 2.05) is 54.6 Å². The molecule has 3 aromatic rings. The molecule has 6 nitrogen and oxygen atoms in total. The minimum Gasteiger partial charge on any atom is -0.497 e. The Kier molecular flexibility index (Phi) is 5.47. The Morgan fingerprint density at radius 3 is 2.79 bits per heavy atom. The smallest absolute Gasteiger partial charge is 0.269 e. The fourth-order valence-corrected chi connectivity index (χ4v) is 3.76. The molecule has 148 valence electrons. The first-order valence-corrected chi connectivity index (χ1v) is 9.56. The van der Waals surface area contributed by atoms with E-state index < -0.39 is 0 Å². The molecule has 0 fully saturated rings. The standard InChI is InChI=1S/C22H20ClN3O3/c1-28-13-21(27)26-20(12-19(25-26)14-7-5-8-16(10-14)29-2)17-11-15-6-3-4-9-18(15)24-22(17)23/h3-11,20H,12-13H2,1-2H3/t20-/m1/s1. The quantitative estimate of drug-likeness (QED) is 0.592. The second kappa shape index (κ2) is 8.19. The van der Waals surface area contributed by atoms with Crippen LogP contribution in [0.5, 0.6) is 5.75 Å². The number of fused-ring (bicyclic) bond motifs is 1. The molecular formula is C22H20ClN3O3. The molecule has 29 heavy (non-hydrogen) atoms. The van der Waals surface area contributed by atoms with Gasteiger partial charge in [0.25, 0.3) is 5.91 Å². The Hall–Kier alpha value is -2.96. The van der Waals surface area contributed by atoms with Crippen LogP contribution in [0, 0.1) is 0 Å². The second-order valence-corrected chi connectivity index (χ2v) is 7.09. The Morgan fingerprint density at radius 1 is 1.17 bits per heavy atom. The van der Waals surface area contributed by atoms with Crippen molar-refractivity contribution in [1.29, 1.82) is 0 Å². The van der Waals surface area contributed by atoms with Crippen molar-refractivity contribution < 1.29 is 14.3 Å². The first kappa shape index (κ1) is 19.4. The third-order valence-electron chi connectivity index (χ3n) is 4.90. The summed E-state index contributed by atoms with van der Waals surface area (Å²) in [5.74, 6) is 0.494. The molecule has 0 saturated carbocycles. The van der Waals surface area contributed by atoms with E-state index in [1.165, 1.54) is 12.1 Å². The number of methoxy groups -OCH3 is 2. The average molecular weight is 410 g/mol. The van der Waals surface area contributed by atoms with Crippen LogP contribution in [0.15, 0.2) is 59.7 Å². The number of amides is 1. The topological polar surface area (TPSA) is 64.0 Å². The second-order valence-electron chi connectivity index (χ2n) is 6.73. The summed E-state index contributed by atoms with van der Waals surface area (Å²) < 4.78 is 10.4. The summed E-state index contributed by atoms with van der Waals surface area (Å²) in [5, 5.41) is 7.39. The zero-order chi connectivity index (χ0) is 20.4. The van der Waals surface area contributed by atoms with Gasteiger partial charge in [0.05, 0.1) is 24.4 Å². The molecule has 1 aromatic heterocycles. The lowest BCUT2D eigenvalue weighted by Gasteiger charge is -2.22. The van der Waals surface area contributed by atoms with Crippen LogP contribution in [0.25, 0.3) is 10.9 Å². The molecule has 2 aromatic carbocycles. The molecule has 1 aliphatic heterocycles. The summed E-state index contributed by atoms with van der Waals surface area (Å²) in [5.41, 5.74) is 3.24. The van der Waals surface area contributed by atoms with Crippen LogP contribution in [-0.2, 0) is 9.53 Å². The summed E-state index contributed by atoms with van der Waals surface area (Å²) >= 11 is 6.52. The van der Waals surface area contributed by atoms with Gasteiger partial charge in [-0.05, 0) is 24.3 Å². The Bertz CT molecular complexity index is 1100. The fraction of sp³-hybridized carbons (Fsp3) is 0.227. The van der Waals surface area contributed by atoms with E-state index in [9.17, 15) is 4.79 Å². The van der Waals surface area contributed by atoms with Crippen LogP contribution in [-0.4, -0.2) is 42.4 Å². The van der Waals surface area contributed by atoms with Gasteiger partial charge in [0.2, 0.25) is 0 Å². The maximum Gasteiger partial charge on any atom is 0.269 e. The molecule has 0 aliphatic carbocycles. The molecule has 0 N–H and O–H groups in total. The van der Waals surface area contributed by atoms with Crippen molar-refractivity contribution in [2.75, 3.05) is 20.8 Å². The minimum atomic E-state index is -0.358. The van der Waals surface area contributed by atoms with Crippen molar-refractivity contribution in [3.8, 4) is 5.75 Å². The van der Waals surface area contributed by atoms with Crippen molar-refractivity contribution in [3.05, 3.63) is 70.9 Å². The highest BCUT2D eigenvalue weighted by Gasteiger charge is 2.34. The van der Waals surface area contributed by atoms with Gasteiger partial charge in [-0.1, -0.05) is 41.9 Å². The first-order valence-electron chi connectivity index (χ1n) is 9.19. The number of ether oxygens (including phenoxy) is 2. The molecule has 0 radical (unpaired) electrons. The summed E-state index contributed by atoms with van der Waals surface area (Å²) in [6.07, 6.45) is 0.516. The number of rotatable bonds is 5. The largest absolute Gasteiger partial charge is 0.497 e. The third kappa shape index (κ3) is 3.81. The lowest BCUT2D eigenvalue weighted by atomic mass is 9.98. The maximum absolute atomic E-state index is 12.7. The number of hydrazone groups is 1. The highest BCUT2D eigenvalue weighted by molar-refractivity contribution is 6.30. The van der Waals surface area contributed by atoms with Gasteiger partial charge in [-0.15, -0.1) is 0 Å². The number of carbonyl (C=O) groups excluding carboxylic acids is 1. The molecular weight excluding hydrogens is 390 g/mol. The molecule has 2 heterocycles. The molecule has 1 aliphatic rings. The van der Waals surface area contributed by atoms with Gasteiger partial charge >= 0.3 is 0 Å². The van der Waals surface area contributed by atoms with E-state index in [4.69, 9.17) is 21.1 Å². The zero-order valence-electron chi connectivity index (χ0n) is 16.1. The van der Waals surface area contributed by atoms with Gasteiger partial charge in [-0.25, -0.2) is 9.99 Å². The van der Waals surface area contributed by atoms with E-state index >= 15 is 0 Å². The molecule has 1 atom stereocenters. The monoisotopic (exact) mass is 409 g/mol. The lowest BCUT2D eigenvalue weighted by molar-refractivity contribution is -0.136. The molecule has 0 bridgehead atoms. The summed E-state index contributed by atoms with van der Waals surface area (Å²) in [6.45, 7) is -0.0655. The number of pyridine rings is 1. The Morgan fingerprint density at radius 2 is 2.00 bits per heavy atom. The van der Waals surface area contributed by atoms with Gasteiger partial charge < -0.3 is 9.47 Å². The van der Waals surface area contributed by atoms with Gasteiger partial charge in [-0.3, -0.25) is 4.79 Å². The van der Waals surface area contributed by atoms with Crippen LogP contribution in [0.2, 0.25) is 5.15 Å². The normalized spacial score (nSPS) is 16.2. The van der Waals surface area contributed by atoms with Crippen LogP contribution in [0.3, 0.4) is 0 Å². The number of nitrogens with zero attached hydrogens (tertiary/aromatic N) is 3. The van der Waals surface area contributed by atoms with Crippen LogP contribution < -0.4 is 4.74 Å². The van der Waals surface area contributed by atoms with Gasteiger partial charge in [-0.2, -0.15) is 5.10 Å². The van der Waals surface area contributed by atoms with E-state index in [0.29, 0.717) is 11.6 Å². The van der Waals surface area contributed by atoms with Crippen molar-refractivity contribution in [1.82, 2.24) is 9.99 Å². The van der Waals surface area contributed by atoms with Crippen molar-refractivity contribution >= 4 is 34.1 Å². The van der Waals surface area contributed by atoms with Gasteiger partial charge in [0.1, 0.15) is 17.5 Å². The first-order chi connectivity index (χ1) is 14.1. The van der Waals surface area contributed by atoms with E-state index in [-0.39, 0.29) is 18.6 Å². The molecule has 0 spiro atoms. The van der Waals surface area contributed by atoms with E-state index in [1.54, 1.807) is 7.11 Å². The van der Waals surface area contributed by atoms with Crippen LogP contribution in [0.1, 0.15) is 23.6 Å². The number of aromatic nitrogens is 1. The predicted octanol–water partition coefficient (Wildman–Crippen LogP) is 4.22. The Labute approximate surface area is 173 Å². The fourth-order valence-electron chi connectivity index (χ4n) is 3.49. The van der Waals surface area contributed by atoms with E-state index in [0.717, 1.165) is 33.5 Å². The average Bonchev–Trinajstić information content (AvgIpc) is 3.19. The molecule has 4 rings (SSSR count). The van der Waals surface area contributed by atoms with Gasteiger partial charge in [0.15, 0.2) is 0 Å². The minimum absolute atomic E-state index is 0.0655. The number of hydrogen-bond acceptors (Lipinski definition) is 5. The van der Waals surface area contributed by atoms with Crippen molar-refractivity contribution in [3.63, 3.8) is 0 Å². The molecule has 0 unspecified atom stereocenters. The lowest BCUT2D eigenvalue weighted by Crippen LogP contribution is -2.30. The SMILES string of the molecule is COCC(=O)N1N=C(c2cccc(OC)c2)C[C@@H]1c1cc2ccccc2nc1Cl. The summed E-state index contributed by atoms with van der Waals surface area (Å²) in [7, 11) is 3.10. The predicted molar refractivity (Wildman–Crippen MR) is 112 cm³/mol. The van der Waals surface area contributed by atoms with Crippen LogP contribution in [0.4, 0.5) is 0 Å². The van der Waals surface area contributed by atoms with Crippen molar-refractivity contribution in [2.45, 2.75) is 12.5 Å². The zero-order valence-corrected chi connectivity index (χ0v) is 16.9. The molecule has 0 saturated heterocycles.